The van der Waals surface area contributed by atoms with Gasteiger partial charge in [-0.15, -0.1) is 0 Å². The largest absolute Gasteiger partial charge is 0.396 e. The molecule has 0 saturated heterocycles. The van der Waals surface area contributed by atoms with Crippen molar-refractivity contribution >= 4 is 16.9 Å². The fourth-order valence-corrected chi connectivity index (χ4v) is 3.11. The van der Waals surface area contributed by atoms with Crippen molar-refractivity contribution in [1.82, 2.24) is 0 Å². The third kappa shape index (κ3) is 1.14. The summed E-state index contributed by atoms with van der Waals surface area (Å²) in [5.74, 6) is 0.426. The number of amidine groups is 1. The van der Waals surface area contributed by atoms with E-state index in [1.54, 1.807) is 11.8 Å². The first-order valence-electron chi connectivity index (χ1n) is 3.92. The zero-order chi connectivity index (χ0) is 7.84. The van der Waals surface area contributed by atoms with Crippen LogP contribution in [0.4, 0.5) is 0 Å². The van der Waals surface area contributed by atoms with E-state index in [1.165, 1.54) is 0 Å². The summed E-state index contributed by atoms with van der Waals surface area (Å²) in [6.45, 7) is 0.289. The molecule has 1 aliphatic heterocycles. The van der Waals surface area contributed by atoms with Crippen LogP contribution in [0.3, 0.4) is 0 Å². The van der Waals surface area contributed by atoms with Gasteiger partial charge in [-0.2, -0.15) is 0 Å². The summed E-state index contributed by atoms with van der Waals surface area (Å²) >= 11 is 1.64. The molecule has 1 saturated carbocycles. The van der Waals surface area contributed by atoms with Crippen molar-refractivity contribution in [2.24, 2.45) is 16.6 Å². The molecule has 2 rings (SSSR count). The Morgan fingerprint density at radius 1 is 1.64 bits per heavy atom. The highest BCUT2D eigenvalue weighted by Crippen LogP contribution is 2.41. The van der Waals surface area contributed by atoms with Gasteiger partial charge >= 0.3 is 0 Å². The molecule has 11 heavy (non-hydrogen) atoms. The molecule has 0 aromatic carbocycles. The third-order valence-corrected chi connectivity index (χ3v) is 3.78. The number of thioether (sulfide) groups is 1. The van der Waals surface area contributed by atoms with E-state index in [-0.39, 0.29) is 6.61 Å². The lowest BCUT2D eigenvalue weighted by atomic mass is 10.1. The number of aliphatic imine (C=N–C) groups is 1. The Hall–Kier alpha value is -0.220. The number of nitrogens with zero attached hydrogens (tertiary/aromatic N) is 1. The van der Waals surface area contributed by atoms with Gasteiger partial charge in [-0.05, 0) is 18.8 Å². The highest BCUT2D eigenvalue weighted by atomic mass is 32.2. The number of fused-ring (bicyclic) bond motifs is 1. The molecular weight excluding hydrogens is 160 g/mol. The van der Waals surface area contributed by atoms with Crippen LogP contribution in [0.2, 0.25) is 0 Å². The second-order valence-electron chi connectivity index (χ2n) is 3.14. The monoisotopic (exact) mass is 172 g/mol. The highest BCUT2D eigenvalue weighted by Gasteiger charge is 2.40. The molecule has 0 aromatic heterocycles. The Bertz CT molecular complexity index is 195. The Kier molecular flexibility index (Phi) is 1.81. The van der Waals surface area contributed by atoms with Crippen LogP contribution in [-0.2, 0) is 0 Å². The van der Waals surface area contributed by atoms with Gasteiger partial charge < -0.3 is 10.8 Å². The molecule has 3 nitrogen and oxygen atoms in total. The molecular formula is C7H12N2OS. The van der Waals surface area contributed by atoms with Crippen LogP contribution >= 0.6 is 11.8 Å². The zero-order valence-electron chi connectivity index (χ0n) is 6.23. The van der Waals surface area contributed by atoms with Crippen molar-refractivity contribution in [1.29, 1.82) is 0 Å². The lowest BCUT2D eigenvalue weighted by molar-refractivity contribution is 0.232. The minimum Gasteiger partial charge on any atom is -0.396 e. The van der Waals surface area contributed by atoms with Crippen LogP contribution in [0.5, 0.6) is 0 Å². The van der Waals surface area contributed by atoms with Crippen LogP contribution < -0.4 is 5.73 Å². The average Bonchev–Trinajstić information content (AvgIpc) is 2.45. The van der Waals surface area contributed by atoms with E-state index in [2.05, 4.69) is 4.99 Å². The Balaban J connectivity index is 2.08. The van der Waals surface area contributed by atoms with E-state index in [0.29, 0.717) is 22.4 Å². The topological polar surface area (TPSA) is 58.6 Å². The molecule has 62 valence electrons. The fourth-order valence-electron chi connectivity index (χ4n) is 1.87. The Morgan fingerprint density at radius 3 is 3.18 bits per heavy atom. The first-order chi connectivity index (χ1) is 5.31. The first-order valence-corrected chi connectivity index (χ1v) is 4.80. The summed E-state index contributed by atoms with van der Waals surface area (Å²) < 4.78 is 0. The zero-order valence-corrected chi connectivity index (χ0v) is 7.05. The van der Waals surface area contributed by atoms with Gasteiger partial charge in [0.15, 0.2) is 5.17 Å². The lowest BCUT2D eigenvalue weighted by Crippen LogP contribution is -2.20. The van der Waals surface area contributed by atoms with Gasteiger partial charge in [-0.3, -0.25) is 4.99 Å². The second kappa shape index (κ2) is 2.68. The number of aliphatic hydroxyl groups excluding tert-OH is 1. The smallest absolute Gasteiger partial charge is 0.154 e. The number of rotatable bonds is 1. The predicted octanol–water partition coefficient (Wildman–Crippen LogP) is 0.187. The van der Waals surface area contributed by atoms with Crippen LogP contribution in [0, 0.1) is 5.92 Å². The van der Waals surface area contributed by atoms with Crippen LogP contribution in [0.25, 0.3) is 0 Å². The van der Waals surface area contributed by atoms with E-state index < -0.39 is 0 Å². The van der Waals surface area contributed by atoms with Crippen molar-refractivity contribution in [3.63, 3.8) is 0 Å². The number of hydrogen-bond acceptors (Lipinski definition) is 4. The summed E-state index contributed by atoms with van der Waals surface area (Å²) in [6.07, 6.45) is 2.21. The molecule has 3 N–H and O–H groups in total. The van der Waals surface area contributed by atoms with Gasteiger partial charge in [0.2, 0.25) is 0 Å². The molecule has 0 spiro atoms. The molecule has 0 bridgehead atoms. The van der Waals surface area contributed by atoms with Gasteiger partial charge in [0, 0.05) is 11.9 Å². The molecule has 1 heterocycles. The molecule has 1 aliphatic carbocycles. The third-order valence-electron chi connectivity index (χ3n) is 2.46. The fraction of sp³-hybridized carbons (Fsp3) is 0.857. The van der Waals surface area contributed by atoms with Crippen LogP contribution in [0.15, 0.2) is 4.99 Å². The van der Waals surface area contributed by atoms with E-state index >= 15 is 0 Å². The molecule has 4 heteroatoms. The maximum atomic E-state index is 8.99. The van der Waals surface area contributed by atoms with Gasteiger partial charge in [-0.1, -0.05) is 11.8 Å². The molecule has 1 fully saturated rings. The van der Waals surface area contributed by atoms with Gasteiger partial charge in [0.25, 0.3) is 0 Å². The maximum absolute atomic E-state index is 8.99. The summed E-state index contributed by atoms with van der Waals surface area (Å²) in [7, 11) is 0. The SMILES string of the molecule is NC1=NC2CCC(CO)C2S1. The molecule has 3 atom stereocenters. The van der Waals surface area contributed by atoms with E-state index in [0.717, 1.165) is 12.8 Å². The normalized spacial score (nSPS) is 42.3. The minimum absolute atomic E-state index is 0.289. The second-order valence-corrected chi connectivity index (χ2v) is 4.34. The number of aliphatic hydroxyl groups is 1. The van der Waals surface area contributed by atoms with Crippen LogP contribution in [-0.4, -0.2) is 28.2 Å². The maximum Gasteiger partial charge on any atom is 0.154 e. The predicted molar refractivity (Wildman–Crippen MR) is 46.6 cm³/mol. The van der Waals surface area contributed by atoms with Crippen molar-refractivity contribution in [2.45, 2.75) is 24.1 Å². The molecule has 0 aromatic rings. The van der Waals surface area contributed by atoms with Gasteiger partial charge in [0.05, 0.1) is 6.04 Å². The van der Waals surface area contributed by atoms with E-state index in [1.807, 2.05) is 0 Å². The molecule has 0 radical (unpaired) electrons. The van der Waals surface area contributed by atoms with E-state index in [9.17, 15) is 0 Å². The summed E-state index contributed by atoms with van der Waals surface area (Å²) in [5, 5.41) is 10.2. The first kappa shape index (κ1) is 7.43. The highest BCUT2D eigenvalue weighted by molar-refractivity contribution is 8.14. The van der Waals surface area contributed by atoms with Crippen LogP contribution in [0.1, 0.15) is 12.8 Å². The Labute approximate surface area is 70.1 Å². The van der Waals surface area contributed by atoms with E-state index in [4.69, 9.17) is 10.8 Å². The van der Waals surface area contributed by atoms with Gasteiger partial charge in [-0.25, -0.2) is 0 Å². The lowest BCUT2D eigenvalue weighted by Gasteiger charge is -2.12. The Morgan fingerprint density at radius 2 is 2.45 bits per heavy atom. The van der Waals surface area contributed by atoms with Crippen molar-refractivity contribution in [3.05, 3.63) is 0 Å². The summed E-state index contributed by atoms with van der Waals surface area (Å²) in [4.78, 5) is 4.29. The summed E-state index contributed by atoms with van der Waals surface area (Å²) in [5.41, 5.74) is 5.57. The van der Waals surface area contributed by atoms with Gasteiger partial charge in [0.1, 0.15) is 0 Å². The van der Waals surface area contributed by atoms with Crippen molar-refractivity contribution in [3.8, 4) is 0 Å². The average molecular weight is 172 g/mol. The number of nitrogens with two attached hydrogens (primary N) is 1. The standard InChI is InChI=1S/C7H12N2OS/c8-7-9-5-2-1-4(3-10)6(5)11-7/h4-6,10H,1-3H2,(H2,8,9). The molecule has 0 amide bonds. The van der Waals surface area contributed by atoms with Crippen molar-refractivity contribution in [2.75, 3.05) is 6.61 Å². The molecule has 3 unspecified atom stereocenters. The quantitative estimate of drug-likeness (QED) is 0.593. The number of hydrogen-bond donors (Lipinski definition) is 2. The van der Waals surface area contributed by atoms with Crippen molar-refractivity contribution < 1.29 is 5.11 Å². The minimum atomic E-state index is 0.289. The molecule has 2 aliphatic rings. The summed E-state index contributed by atoms with van der Waals surface area (Å²) in [6, 6.07) is 0.400.